The Bertz CT molecular complexity index is 630. The highest BCUT2D eigenvalue weighted by Gasteiger charge is 2.20. The molecule has 1 heterocycles. The fourth-order valence-corrected chi connectivity index (χ4v) is 3.63. The van der Waals surface area contributed by atoms with Crippen molar-refractivity contribution in [2.24, 2.45) is 5.92 Å². The maximum Gasteiger partial charge on any atom is 0.257 e. The monoisotopic (exact) mass is 286 g/mol. The van der Waals surface area contributed by atoms with Gasteiger partial charge in [0.15, 0.2) is 5.13 Å². The van der Waals surface area contributed by atoms with E-state index in [1.165, 1.54) is 17.0 Å². The summed E-state index contributed by atoms with van der Waals surface area (Å²) < 4.78 is 0. The van der Waals surface area contributed by atoms with Gasteiger partial charge in [-0.3, -0.25) is 10.1 Å². The Labute approximate surface area is 123 Å². The highest BCUT2D eigenvalue weighted by Crippen LogP contribution is 2.32. The molecular formula is C16H18N2OS. The molecule has 0 fully saturated rings. The zero-order valence-electron chi connectivity index (χ0n) is 11.8. The van der Waals surface area contributed by atoms with E-state index in [9.17, 15) is 4.79 Å². The van der Waals surface area contributed by atoms with Crippen molar-refractivity contribution in [3.63, 3.8) is 0 Å². The second kappa shape index (κ2) is 5.37. The first kappa shape index (κ1) is 13.3. The average molecular weight is 286 g/mol. The summed E-state index contributed by atoms with van der Waals surface area (Å²) in [6.45, 7) is 4.28. The summed E-state index contributed by atoms with van der Waals surface area (Å²) in [4.78, 5) is 18.0. The number of aromatic nitrogens is 1. The topological polar surface area (TPSA) is 42.0 Å². The van der Waals surface area contributed by atoms with Gasteiger partial charge in [0.05, 0.1) is 5.69 Å². The van der Waals surface area contributed by atoms with E-state index in [4.69, 9.17) is 0 Å². The number of hydrogen-bond donors (Lipinski definition) is 1. The number of carbonyl (C=O) groups excluding carboxylic acids is 1. The van der Waals surface area contributed by atoms with E-state index in [-0.39, 0.29) is 5.91 Å². The summed E-state index contributed by atoms with van der Waals surface area (Å²) in [6.07, 6.45) is 3.32. The third kappa shape index (κ3) is 2.75. The summed E-state index contributed by atoms with van der Waals surface area (Å²) in [5, 5.41) is 3.65. The van der Waals surface area contributed by atoms with Crippen molar-refractivity contribution >= 4 is 22.4 Å². The van der Waals surface area contributed by atoms with Crippen LogP contribution in [-0.4, -0.2) is 10.9 Å². The van der Waals surface area contributed by atoms with E-state index in [1.807, 2.05) is 31.2 Å². The zero-order valence-corrected chi connectivity index (χ0v) is 12.6. The quantitative estimate of drug-likeness (QED) is 0.911. The van der Waals surface area contributed by atoms with Crippen molar-refractivity contribution in [2.45, 2.75) is 33.1 Å². The van der Waals surface area contributed by atoms with E-state index in [0.717, 1.165) is 29.5 Å². The fraction of sp³-hybridized carbons (Fsp3) is 0.375. The molecule has 1 atom stereocenters. The predicted molar refractivity (Wildman–Crippen MR) is 82.4 cm³/mol. The van der Waals surface area contributed by atoms with Crippen molar-refractivity contribution in [1.29, 1.82) is 0 Å². The molecule has 3 rings (SSSR count). The first-order valence-corrected chi connectivity index (χ1v) is 7.80. The summed E-state index contributed by atoms with van der Waals surface area (Å²) >= 11 is 1.62. The largest absolute Gasteiger partial charge is 0.298 e. The number of fused-ring (bicyclic) bond motifs is 1. The normalized spacial score (nSPS) is 17.6. The van der Waals surface area contributed by atoms with E-state index in [0.29, 0.717) is 5.56 Å². The third-order valence-corrected chi connectivity index (χ3v) is 4.76. The highest BCUT2D eigenvalue weighted by molar-refractivity contribution is 7.15. The molecule has 1 aromatic carbocycles. The summed E-state index contributed by atoms with van der Waals surface area (Å²) in [7, 11) is 0. The van der Waals surface area contributed by atoms with Gasteiger partial charge < -0.3 is 0 Å². The Hall–Kier alpha value is -1.68. The molecule has 0 aliphatic heterocycles. The van der Waals surface area contributed by atoms with Gasteiger partial charge in [-0.15, -0.1) is 11.3 Å². The lowest BCUT2D eigenvalue weighted by Crippen LogP contribution is -2.11. The summed E-state index contributed by atoms with van der Waals surface area (Å²) in [6, 6.07) is 7.59. The van der Waals surface area contributed by atoms with Gasteiger partial charge >= 0.3 is 0 Å². The molecule has 1 aliphatic carbocycles. The number of rotatable bonds is 2. The molecule has 0 saturated carbocycles. The van der Waals surface area contributed by atoms with Crippen molar-refractivity contribution in [3.05, 3.63) is 46.0 Å². The van der Waals surface area contributed by atoms with Crippen LogP contribution in [0.3, 0.4) is 0 Å². The number of carbonyl (C=O) groups is 1. The lowest BCUT2D eigenvalue weighted by atomic mass is 9.93. The molecule has 3 nitrogen and oxygen atoms in total. The smallest absolute Gasteiger partial charge is 0.257 e. The van der Waals surface area contributed by atoms with Crippen molar-refractivity contribution in [2.75, 3.05) is 5.32 Å². The van der Waals surface area contributed by atoms with Gasteiger partial charge in [-0.05, 0) is 44.2 Å². The number of aryl methyl sites for hydroxylation is 2. The molecule has 0 bridgehead atoms. The average Bonchev–Trinajstić information content (AvgIpc) is 2.80. The molecule has 1 aromatic heterocycles. The van der Waals surface area contributed by atoms with Crippen LogP contribution in [0, 0.1) is 12.8 Å². The number of hydrogen-bond acceptors (Lipinski definition) is 3. The van der Waals surface area contributed by atoms with E-state index in [1.54, 1.807) is 11.3 Å². The second-order valence-electron chi connectivity index (χ2n) is 5.56. The molecule has 1 aliphatic rings. The second-order valence-corrected chi connectivity index (χ2v) is 6.64. The van der Waals surface area contributed by atoms with Crippen LogP contribution < -0.4 is 5.32 Å². The lowest BCUT2D eigenvalue weighted by Gasteiger charge is -2.15. The summed E-state index contributed by atoms with van der Waals surface area (Å²) in [5.74, 6) is 0.646. The number of anilines is 1. The lowest BCUT2D eigenvalue weighted by molar-refractivity contribution is 0.102. The molecule has 0 radical (unpaired) electrons. The molecule has 0 unspecified atom stereocenters. The Balaban J connectivity index is 1.75. The van der Waals surface area contributed by atoms with Crippen molar-refractivity contribution in [1.82, 2.24) is 4.98 Å². The van der Waals surface area contributed by atoms with Crippen molar-refractivity contribution < 1.29 is 4.79 Å². The Kier molecular flexibility index (Phi) is 3.57. The molecule has 2 aromatic rings. The van der Waals surface area contributed by atoms with Crippen LogP contribution in [0.5, 0.6) is 0 Å². The molecule has 1 N–H and O–H groups in total. The van der Waals surface area contributed by atoms with Crippen LogP contribution in [0.4, 0.5) is 5.13 Å². The van der Waals surface area contributed by atoms with E-state index >= 15 is 0 Å². The Morgan fingerprint density at radius 3 is 2.85 bits per heavy atom. The van der Waals surface area contributed by atoms with Gasteiger partial charge in [0.2, 0.25) is 0 Å². The summed E-state index contributed by atoms with van der Waals surface area (Å²) in [5.41, 5.74) is 3.00. The Morgan fingerprint density at radius 2 is 2.10 bits per heavy atom. The molecule has 0 spiro atoms. The molecule has 104 valence electrons. The van der Waals surface area contributed by atoms with Crippen molar-refractivity contribution in [3.8, 4) is 0 Å². The minimum atomic E-state index is -0.0795. The fourth-order valence-electron chi connectivity index (χ4n) is 2.47. The standard InChI is InChI=1S/C16H18N2OS/c1-10-3-6-12(7-4-10)15(19)18-16-17-13-8-5-11(2)9-14(13)20-16/h3-4,6-7,11H,5,8-9H2,1-2H3,(H,17,18,19)/t11-/m1/s1. The number of nitrogens with one attached hydrogen (secondary N) is 1. The van der Waals surface area contributed by atoms with Crippen LogP contribution in [-0.2, 0) is 12.8 Å². The molecule has 0 saturated heterocycles. The number of thiazole rings is 1. The maximum atomic E-state index is 12.2. The minimum absolute atomic E-state index is 0.0795. The minimum Gasteiger partial charge on any atom is -0.298 e. The van der Waals surface area contributed by atoms with Gasteiger partial charge in [0.25, 0.3) is 5.91 Å². The van der Waals surface area contributed by atoms with Gasteiger partial charge in [-0.1, -0.05) is 24.6 Å². The zero-order chi connectivity index (χ0) is 14.1. The highest BCUT2D eigenvalue weighted by atomic mass is 32.1. The van der Waals surface area contributed by atoms with Crippen LogP contribution in [0.2, 0.25) is 0 Å². The van der Waals surface area contributed by atoms with E-state index < -0.39 is 0 Å². The third-order valence-electron chi connectivity index (χ3n) is 3.72. The van der Waals surface area contributed by atoms with Gasteiger partial charge in [-0.2, -0.15) is 0 Å². The molecule has 1 amide bonds. The molecular weight excluding hydrogens is 268 g/mol. The number of nitrogens with zero attached hydrogens (tertiary/aromatic N) is 1. The molecule has 20 heavy (non-hydrogen) atoms. The van der Waals surface area contributed by atoms with Gasteiger partial charge in [0, 0.05) is 10.4 Å². The SMILES string of the molecule is Cc1ccc(C(=O)Nc2nc3c(s2)C[C@H](C)CC3)cc1. The van der Waals surface area contributed by atoms with Crippen LogP contribution >= 0.6 is 11.3 Å². The Morgan fingerprint density at radius 1 is 1.35 bits per heavy atom. The number of benzene rings is 1. The van der Waals surface area contributed by atoms with Crippen LogP contribution in [0.1, 0.15) is 39.8 Å². The van der Waals surface area contributed by atoms with E-state index in [2.05, 4.69) is 17.2 Å². The first-order valence-electron chi connectivity index (χ1n) is 6.98. The van der Waals surface area contributed by atoms with Gasteiger partial charge in [0.1, 0.15) is 0 Å². The molecule has 4 heteroatoms. The first-order chi connectivity index (χ1) is 9.61. The van der Waals surface area contributed by atoms with Gasteiger partial charge in [-0.25, -0.2) is 4.98 Å². The van der Waals surface area contributed by atoms with Crippen LogP contribution in [0.25, 0.3) is 0 Å². The van der Waals surface area contributed by atoms with Crippen LogP contribution in [0.15, 0.2) is 24.3 Å². The predicted octanol–water partition coefficient (Wildman–Crippen LogP) is 3.83. The number of amides is 1. The maximum absolute atomic E-state index is 12.2.